The zero-order chi connectivity index (χ0) is 23.1. The summed E-state index contributed by atoms with van der Waals surface area (Å²) >= 11 is 1.48. The first kappa shape index (κ1) is 21.8. The SMILES string of the molecule is Cc1cccc(C(C)C)c1NC(=O)C(C)Sc1nnc(-c2c[nH]c3ccccc23)n1C1CC1. The molecule has 0 saturated heterocycles. The maximum Gasteiger partial charge on any atom is 0.237 e. The summed E-state index contributed by atoms with van der Waals surface area (Å²) in [5.41, 5.74) is 5.29. The van der Waals surface area contributed by atoms with Crippen molar-refractivity contribution in [1.29, 1.82) is 0 Å². The molecule has 5 rings (SSSR count). The molecular weight excluding hydrogens is 430 g/mol. The Morgan fingerprint density at radius 1 is 1.12 bits per heavy atom. The van der Waals surface area contributed by atoms with Gasteiger partial charge < -0.3 is 10.3 Å². The van der Waals surface area contributed by atoms with Crippen LogP contribution in [0.15, 0.2) is 53.8 Å². The fourth-order valence-corrected chi connectivity index (χ4v) is 5.16. The van der Waals surface area contributed by atoms with Gasteiger partial charge in [0.2, 0.25) is 5.91 Å². The number of carbonyl (C=O) groups excluding carboxylic acids is 1. The fraction of sp³-hybridized carbons (Fsp3) is 0.346. The van der Waals surface area contributed by atoms with Gasteiger partial charge in [-0.2, -0.15) is 0 Å². The van der Waals surface area contributed by atoms with E-state index in [4.69, 9.17) is 0 Å². The van der Waals surface area contributed by atoms with Gasteiger partial charge in [0, 0.05) is 34.4 Å². The van der Waals surface area contributed by atoms with Crippen LogP contribution in [0.1, 0.15) is 56.7 Å². The summed E-state index contributed by atoms with van der Waals surface area (Å²) in [6, 6.07) is 14.8. The van der Waals surface area contributed by atoms with Crippen molar-refractivity contribution in [3.63, 3.8) is 0 Å². The highest BCUT2D eigenvalue weighted by Crippen LogP contribution is 2.43. The van der Waals surface area contributed by atoms with Crippen LogP contribution < -0.4 is 5.32 Å². The minimum Gasteiger partial charge on any atom is -0.360 e. The summed E-state index contributed by atoms with van der Waals surface area (Å²) < 4.78 is 2.22. The minimum absolute atomic E-state index is 0.0183. The Kier molecular flexibility index (Phi) is 5.74. The summed E-state index contributed by atoms with van der Waals surface area (Å²) in [6.45, 7) is 8.26. The monoisotopic (exact) mass is 459 g/mol. The number of aryl methyl sites for hydroxylation is 1. The van der Waals surface area contributed by atoms with Crippen LogP contribution in [0.5, 0.6) is 0 Å². The molecule has 170 valence electrons. The molecule has 0 bridgehead atoms. The smallest absolute Gasteiger partial charge is 0.237 e. The molecule has 1 saturated carbocycles. The second-order valence-corrected chi connectivity index (χ2v) is 10.4. The Hall–Kier alpha value is -3.06. The molecule has 1 fully saturated rings. The number of nitrogens with one attached hydrogen (secondary N) is 2. The van der Waals surface area contributed by atoms with Crippen molar-refractivity contribution < 1.29 is 4.79 Å². The fourth-order valence-electron chi connectivity index (χ4n) is 4.24. The Labute approximate surface area is 198 Å². The van der Waals surface area contributed by atoms with Gasteiger partial charge in [-0.3, -0.25) is 9.36 Å². The lowest BCUT2D eigenvalue weighted by atomic mass is 9.98. The second-order valence-electron chi connectivity index (χ2n) is 9.10. The molecule has 0 radical (unpaired) electrons. The predicted molar refractivity (Wildman–Crippen MR) is 135 cm³/mol. The average Bonchev–Trinajstić information content (AvgIpc) is 3.42. The summed E-state index contributed by atoms with van der Waals surface area (Å²) in [6.07, 6.45) is 4.23. The zero-order valence-corrected chi connectivity index (χ0v) is 20.2. The number of carbonyl (C=O) groups is 1. The topological polar surface area (TPSA) is 75.6 Å². The minimum atomic E-state index is -0.304. The van der Waals surface area contributed by atoms with Gasteiger partial charge in [-0.15, -0.1) is 10.2 Å². The van der Waals surface area contributed by atoms with Crippen LogP contribution in [0.4, 0.5) is 5.69 Å². The van der Waals surface area contributed by atoms with Crippen molar-refractivity contribution in [3.8, 4) is 11.4 Å². The molecule has 2 N–H and O–H groups in total. The highest BCUT2D eigenvalue weighted by molar-refractivity contribution is 8.00. The van der Waals surface area contributed by atoms with Crippen LogP contribution in [0.25, 0.3) is 22.3 Å². The van der Waals surface area contributed by atoms with Gasteiger partial charge in [0.1, 0.15) is 0 Å². The number of rotatable bonds is 7. The number of para-hydroxylation sites is 2. The van der Waals surface area contributed by atoms with Crippen LogP contribution in [-0.2, 0) is 4.79 Å². The molecule has 33 heavy (non-hydrogen) atoms. The Balaban J connectivity index is 1.41. The molecule has 4 aromatic rings. The first-order valence-corrected chi connectivity index (χ1v) is 12.4. The maximum absolute atomic E-state index is 13.2. The van der Waals surface area contributed by atoms with Gasteiger partial charge in [-0.05, 0) is 49.8 Å². The Morgan fingerprint density at radius 2 is 1.91 bits per heavy atom. The van der Waals surface area contributed by atoms with Crippen LogP contribution in [0, 0.1) is 6.92 Å². The highest BCUT2D eigenvalue weighted by atomic mass is 32.2. The van der Waals surface area contributed by atoms with E-state index in [1.807, 2.05) is 44.3 Å². The third kappa shape index (κ3) is 4.17. The number of nitrogens with zero attached hydrogens (tertiary/aromatic N) is 3. The zero-order valence-electron chi connectivity index (χ0n) is 19.4. The van der Waals surface area contributed by atoms with E-state index in [-0.39, 0.29) is 11.2 Å². The number of thioether (sulfide) groups is 1. The largest absolute Gasteiger partial charge is 0.360 e. The normalized spacial score (nSPS) is 14.7. The molecule has 0 spiro atoms. The predicted octanol–water partition coefficient (Wildman–Crippen LogP) is 6.31. The number of amides is 1. The first-order valence-electron chi connectivity index (χ1n) is 11.5. The lowest BCUT2D eigenvalue weighted by Crippen LogP contribution is -2.24. The van der Waals surface area contributed by atoms with E-state index in [2.05, 4.69) is 57.1 Å². The molecule has 7 heteroatoms. The van der Waals surface area contributed by atoms with Crippen molar-refractivity contribution in [2.45, 2.75) is 62.9 Å². The molecular formula is C26H29N5OS. The van der Waals surface area contributed by atoms with Crippen molar-refractivity contribution in [3.05, 3.63) is 59.8 Å². The van der Waals surface area contributed by atoms with Crippen LogP contribution in [-0.4, -0.2) is 30.9 Å². The number of aromatic nitrogens is 4. The summed E-state index contributed by atoms with van der Waals surface area (Å²) in [7, 11) is 0. The van der Waals surface area contributed by atoms with Crippen LogP contribution in [0.2, 0.25) is 0 Å². The number of aromatic amines is 1. The van der Waals surface area contributed by atoms with Gasteiger partial charge in [-0.1, -0.05) is 62.0 Å². The summed E-state index contributed by atoms with van der Waals surface area (Å²) in [4.78, 5) is 16.5. The van der Waals surface area contributed by atoms with Gasteiger partial charge in [0.25, 0.3) is 0 Å². The van der Waals surface area contributed by atoms with Gasteiger partial charge in [-0.25, -0.2) is 0 Å². The first-order chi connectivity index (χ1) is 15.9. The molecule has 1 atom stereocenters. The summed E-state index contributed by atoms with van der Waals surface area (Å²) in [5, 5.41) is 13.9. The van der Waals surface area contributed by atoms with E-state index < -0.39 is 0 Å². The lowest BCUT2D eigenvalue weighted by molar-refractivity contribution is -0.115. The molecule has 1 amide bonds. The quantitative estimate of drug-likeness (QED) is 0.317. The van der Waals surface area contributed by atoms with E-state index in [0.717, 1.165) is 57.1 Å². The Morgan fingerprint density at radius 3 is 2.67 bits per heavy atom. The van der Waals surface area contributed by atoms with E-state index in [0.29, 0.717) is 12.0 Å². The molecule has 1 aliphatic rings. The van der Waals surface area contributed by atoms with Gasteiger partial charge >= 0.3 is 0 Å². The number of hydrogen-bond donors (Lipinski definition) is 2. The van der Waals surface area contributed by atoms with Crippen molar-refractivity contribution in [1.82, 2.24) is 19.7 Å². The molecule has 2 aromatic carbocycles. The number of fused-ring (bicyclic) bond motifs is 1. The van der Waals surface area contributed by atoms with E-state index in [9.17, 15) is 4.79 Å². The number of anilines is 1. The number of hydrogen-bond acceptors (Lipinski definition) is 4. The average molecular weight is 460 g/mol. The molecule has 6 nitrogen and oxygen atoms in total. The van der Waals surface area contributed by atoms with Gasteiger partial charge in [0.05, 0.1) is 5.25 Å². The number of H-pyrrole nitrogens is 1. The molecule has 2 aromatic heterocycles. The summed E-state index contributed by atoms with van der Waals surface area (Å²) in [5.74, 6) is 1.18. The highest BCUT2D eigenvalue weighted by Gasteiger charge is 2.32. The van der Waals surface area contributed by atoms with E-state index in [1.54, 1.807) is 0 Å². The van der Waals surface area contributed by atoms with Crippen LogP contribution >= 0.6 is 11.8 Å². The van der Waals surface area contributed by atoms with Crippen molar-refractivity contribution in [2.75, 3.05) is 5.32 Å². The van der Waals surface area contributed by atoms with Gasteiger partial charge in [0.15, 0.2) is 11.0 Å². The Bertz CT molecular complexity index is 1320. The van der Waals surface area contributed by atoms with E-state index in [1.165, 1.54) is 11.8 Å². The molecule has 1 unspecified atom stereocenters. The van der Waals surface area contributed by atoms with Crippen molar-refractivity contribution >= 4 is 34.3 Å². The third-order valence-electron chi connectivity index (χ3n) is 6.23. The lowest BCUT2D eigenvalue weighted by Gasteiger charge is -2.18. The van der Waals surface area contributed by atoms with Crippen LogP contribution in [0.3, 0.4) is 0 Å². The third-order valence-corrected chi connectivity index (χ3v) is 7.29. The number of benzene rings is 2. The van der Waals surface area contributed by atoms with Crippen molar-refractivity contribution in [2.24, 2.45) is 0 Å². The van der Waals surface area contributed by atoms with E-state index >= 15 is 0 Å². The second kappa shape index (κ2) is 8.71. The molecule has 1 aliphatic carbocycles. The molecule has 0 aliphatic heterocycles. The molecule has 2 heterocycles. The standard InChI is InChI=1S/C26H29N5OS/c1-15(2)19-10-7-8-16(3)23(19)28-25(32)17(4)33-26-30-29-24(31(26)18-12-13-18)21-14-27-22-11-6-5-9-20(21)22/h5-11,14-15,17-18,27H,12-13H2,1-4H3,(H,28,32). The maximum atomic E-state index is 13.2.